The standard InChI is InChI=1S/C17H16N2O2/c20-11-12-21-14-8-5-13(6-9-14)7-10-17-15-3-1-2-4-16(15)18-19-17/h1-10,20H,11-12H2,(H,18,19). The molecule has 21 heavy (non-hydrogen) atoms. The first kappa shape index (κ1) is 13.4. The Hall–Kier alpha value is -2.59. The van der Waals surface area contributed by atoms with Gasteiger partial charge in [-0.2, -0.15) is 5.10 Å². The average Bonchev–Trinajstić information content (AvgIpc) is 2.95. The summed E-state index contributed by atoms with van der Waals surface area (Å²) in [6.45, 7) is 0.336. The highest BCUT2D eigenvalue weighted by molar-refractivity contribution is 5.89. The molecule has 1 aromatic heterocycles. The maximum atomic E-state index is 8.71. The molecule has 2 N–H and O–H groups in total. The molecule has 0 aliphatic carbocycles. The number of benzene rings is 2. The molecule has 0 saturated heterocycles. The highest BCUT2D eigenvalue weighted by Crippen LogP contribution is 2.18. The van der Waals surface area contributed by atoms with Crippen molar-refractivity contribution in [3.63, 3.8) is 0 Å². The van der Waals surface area contributed by atoms with E-state index in [1.807, 2.05) is 60.7 Å². The van der Waals surface area contributed by atoms with E-state index in [9.17, 15) is 0 Å². The molecular weight excluding hydrogens is 264 g/mol. The fourth-order valence-corrected chi connectivity index (χ4v) is 2.13. The Kier molecular flexibility index (Phi) is 3.98. The molecule has 3 rings (SSSR count). The monoisotopic (exact) mass is 280 g/mol. The summed E-state index contributed by atoms with van der Waals surface area (Å²) in [5.41, 5.74) is 3.02. The zero-order valence-electron chi connectivity index (χ0n) is 11.5. The zero-order chi connectivity index (χ0) is 14.5. The van der Waals surface area contributed by atoms with Crippen molar-refractivity contribution in [1.82, 2.24) is 10.2 Å². The second-order valence-corrected chi connectivity index (χ2v) is 4.63. The molecule has 0 spiro atoms. The van der Waals surface area contributed by atoms with Crippen LogP contribution >= 0.6 is 0 Å². The first-order chi connectivity index (χ1) is 10.4. The third-order valence-electron chi connectivity index (χ3n) is 3.17. The van der Waals surface area contributed by atoms with Gasteiger partial charge in [0.1, 0.15) is 12.4 Å². The number of nitrogens with zero attached hydrogens (tertiary/aromatic N) is 1. The Labute approximate surface area is 122 Å². The highest BCUT2D eigenvalue weighted by Gasteiger charge is 2.00. The number of aliphatic hydroxyl groups excluding tert-OH is 1. The Bertz CT molecular complexity index is 745. The van der Waals surface area contributed by atoms with Gasteiger partial charge in [0, 0.05) is 5.39 Å². The molecule has 2 aromatic carbocycles. The van der Waals surface area contributed by atoms with Crippen LogP contribution in [0.4, 0.5) is 0 Å². The lowest BCUT2D eigenvalue weighted by atomic mass is 10.1. The number of aromatic amines is 1. The van der Waals surface area contributed by atoms with E-state index in [0.717, 1.165) is 27.9 Å². The summed E-state index contributed by atoms with van der Waals surface area (Å²) in [5.74, 6) is 0.756. The SMILES string of the molecule is OCCOc1ccc(C=Cc2n[nH]c3ccccc23)cc1. The van der Waals surface area contributed by atoms with Crippen LogP contribution in [0.5, 0.6) is 5.75 Å². The van der Waals surface area contributed by atoms with E-state index in [1.165, 1.54) is 0 Å². The van der Waals surface area contributed by atoms with Gasteiger partial charge in [0.15, 0.2) is 0 Å². The lowest BCUT2D eigenvalue weighted by molar-refractivity contribution is 0.201. The van der Waals surface area contributed by atoms with Crippen molar-refractivity contribution in [2.75, 3.05) is 13.2 Å². The van der Waals surface area contributed by atoms with Crippen LogP contribution in [-0.2, 0) is 0 Å². The Morgan fingerprint density at radius 3 is 2.67 bits per heavy atom. The number of hydrogen-bond donors (Lipinski definition) is 2. The van der Waals surface area contributed by atoms with Gasteiger partial charge in [0.2, 0.25) is 0 Å². The molecule has 0 unspecified atom stereocenters. The smallest absolute Gasteiger partial charge is 0.119 e. The van der Waals surface area contributed by atoms with Gasteiger partial charge in [-0.05, 0) is 29.8 Å². The topological polar surface area (TPSA) is 58.1 Å². The fraction of sp³-hybridized carbons (Fsp3) is 0.118. The third kappa shape index (κ3) is 3.12. The maximum absolute atomic E-state index is 8.71. The van der Waals surface area contributed by atoms with Crippen molar-refractivity contribution in [3.05, 3.63) is 59.8 Å². The van der Waals surface area contributed by atoms with Crippen LogP contribution in [-0.4, -0.2) is 28.5 Å². The molecule has 3 aromatic rings. The van der Waals surface area contributed by atoms with E-state index in [1.54, 1.807) is 0 Å². The summed E-state index contributed by atoms with van der Waals surface area (Å²) >= 11 is 0. The molecule has 0 atom stereocenters. The molecule has 1 heterocycles. The number of hydrogen-bond acceptors (Lipinski definition) is 3. The van der Waals surface area contributed by atoms with Gasteiger partial charge in [0.05, 0.1) is 17.8 Å². The van der Waals surface area contributed by atoms with E-state index in [4.69, 9.17) is 9.84 Å². The first-order valence-corrected chi connectivity index (χ1v) is 6.82. The molecule has 0 aliphatic heterocycles. The van der Waals surface area contributed by atoms with Gasteiger partial charge < -0.3 is 9.84 Å². The molecule has 0 bridgehead atoms. The van der Waals surface area contributed by atoms with E-state index < -0.39 is 0 Å². The second-order valence-electron chi connectivity index (χ2n) is 4.63. The number of para-hydroxylation sites is 1. The number of aromatic nitrogens is 2. The Morgan fingerprint density at radius 1 is 1.05 bits per heavy atom. The number of aliphatic hydroxyl groups is 1. The highest BCUT2D eigenvalue weighted by atomic mass is 16.5. The molecule has 0 saturated carbocycles. The summed E-state index contributed by atoms with van der Waals surface area (Å²) < 4.78 is 5.33. The number of H-pyrrole nitrogens is 1. The molecule has 0 aliphatic rings. The lowest BCUT2D eigenvalue weighted by Crippen LogP contribution is -2.01. The van der Waals surface area contributed by atoms with Crippen LogP contribution < -0.4 is 4.74 Å². The fourth-order valence-electron chi connectivity index (χ4n) is 2.13. The van der Waals surface area contributed by atoms with Crippen LogP contribution in [0.1, 0.15) is 11.3 Å². The molecular formula is C17H16N2O2. The minimum Gasteiger partial charge on any atom is -0.491 e. The predicted molar refractivity (Wildman–Crippen MR) is 84.0 cm³/mol. The molecule has 0 radical (unpaired) electrons. The van der Waals surface area contributed by atoms with Crippen LogP contribution in [0.3, 0.4) is 0 Å². The number of ether oxygens (including phenoxy) is 1. The van der Waals surface area contributed by atoms with Gasteiger partial charge in [-0.1, -0.05) is 36.4 Å². The summed E-state index contributed by atoms with van der Waals surface area (Å²) in [6.07, 6.45) is 4.00. The molecule has 106 valence electrons. The summed E-state index contributed by atoms with van der Waals surface area (Å²) in [4.78, 5) is 0. The Balaban J connectivity index is 1.76. The molecule has 0 fully saturated rings. The third-order valence-corrected chi connectivity index (χ3v) is 3.17. The minimum atomic E-state index is 0.0217. The maximum Gasteiger partial charge on any atom is 0.119 e. The summed E-state index contributed by atoms with van der Waals surface area (Å²) in [6, 6.07) is 15.8. The van der Waals surface area contributed by atoms with Crippen LogP contribution in [0.2, 0.25) is 0 Å². The van der Waals surface area contributed by atoms with Gasteiger partial charge in [-0.3, -0.25) is 5.10 Å². The van der Waals surface area contributed by atoms with Crippen LogP contribution in [0.25, 0.3) is 23.1 Å². The zero-order valence-corrected chi connectivity index (χ0v) is 11.5. The number of nitrogens with one attached hydrogen (secondary N) is 1. The van der Waals surface area contributed by atoms with Crippen LogP contribution in [0, 0.1) is 0 Å². The predicted octanol–water partition coefficient (Wildman–Crippen LogP) is 3.10. The number of rotatable bonds is 5. The largest absolute Gasteiger partial charge is 0.491 e. The van der Waals surface area contributed by atoms with Crippen molar-refractivity contribution in [2.24, 2.45) is 0 Å². The summed E-state index contributed by atoms with van der Waals surface area (Å²) in [5, 5.41) is 17.1. The molecule has 4 nitrogen and oxygen atoms in total. The minimum absolute atomic E-state index is 0.0217. The normalized spacial score (nSPS) is 11.3. The van der Waals surface area contributed by atoms with E-state index in [2.05, 4.69) is 10.2 Å². The van der Waals surface area contributed by atoms with E-state index in [0.29, 0.717) is 6.61 Å². The van der Waals surface area contributed by atoms with Gasteiger partial charge >= 0.3 is 0 Å². The van der Waals surface area contributed by atoms with E-state index >= 15 is 0 Å². The van der Waals surface area contributed by atoms with E-state index in [-0.39, 0.29) is 6.61 Å². The molecule has 4 heteroatoms. The van der Waals surface area contributed by atoms with Gasteiger partial charge in [-0.25, -0.2) is 0 Å². The van der Waals surface area contributed by atoms with Crippen molar-refractivity contribution in [3.8, 4) is 5.75 Å². The van der Waals surface area contributed by atoms with Crippen molar-refractivity contribution in [1.29, 1.82) is 0 Å². The van der Waals surface area contributed by atoms with Gasteiger partial charge in [0.25, 0.3) is 0 Å². The average molecular weight is 280 g/mol. The summed E-state index contributed by atoms with van der Waals surface area (Å²) in [7, 11) is 0. The quantitative estimate of drug-likeness (QED) is 0.755. The van der Waals surface area contributed by atoms with Crippen molar-refractivity contribution in [2.45, 2.75) is 0 Å². The lowest BCUT2D eigenvalue weighted by Gasteiger charge is -2.03. The number of fused-ring (bicyclic) bond motifs is 1. The van der Waals surface area contributed by atoms with Gasteiger partial charge in [-0.15, -0.1) is 0 Å². The van der Waals surface area contributed by atoms with Crippen molar-refractivity contribution >= 4 is 23.1 Å². The van der Waals surface area contributed by atoms with Crippen molar-refractivity contribution < 1.29 is 9.84 Å². The van der Waals surface area contributed by atoms with Crippen LogP contribution in [0.15, 0.2) is 48.5 Å². The molecule has 0 amide bonds. The first-order valence-electron chi connectivity index (χ1n) is 6.82. The second kappa shape index (κ2) is 6.24. The Morgan fingerprint density at radius 2 is 1.86 bits per heavy atom.